The van der Waals surface area contributed by atoms with Crippen LogP contribution >= 0.6 is 11.6 Å². The zero-order valence-electron chi connectivity index (χ0n) is 8.43. The van der Waals surface area contributed by atoms with Crippen molar-refractivity contribution in [3.8, 4) is 0 Å². The van der Waals surface area contributed by atoms with Crippen LogP contribution in [0.1, 0.15) is 25.0 Å². The molecular formula is C10H12ClN3. The summed E-state index contributed by atoms with van der Waals surface area (Å²) in [5, 5.41) is 7.99. The smallest absolute Gasteiger partial charge is 0.162 e. The molecule has 1 N–H and O–H groups in total. The molecule has 0 fully saturated rings. The number of hydrogen-bond donors (Lipinski definition) is 1. The second kappa shape index (κ2) is 4.33. The average molecular weight is 210 g/mol. The Kier molecular flexibility index (Phi) is 3.36. The van der Waals surface area contributed by atoms with Gasteiger partial charge >= 0.3 is 0 Å². The first-order valence-electron chi connectivity index (χ1n) is 4.23. The van der Waals surface area contributed by atoms with Crippen LogP contribution in [0.25, 0.3) is 0 Å². The lowest BCUT2D eigenvalue weighted by atomic mass is 10.1. The Morgan fingerprint density at radius 1 is 1.50 bits per heavy atom. The van der Waals surface area contributed by atoms with E-state index in [2.05, 4.69) is 9.98 Å². The van der Waals surface area contributed by atoms with Crippen LogP contribution < -0.4 is 0 Å². The van der Waals surface area contributed by atoms with Gasteiger partial charge in [-0.05, 0) is 32.4 Å². The first-order valence-corrected chi connectivity index (χ1v) is 4.61. The number of aliphatic imine (C=N–C) groups is 1. The van der Waals surface area contributed by atoms with Gasteiger partial charge in [0, 0.05) is 17.5 Å². The predicted octanol–water partition coefficient (Wildman–Crippen LogP) is 3.07. The van der Waals surface area contributed by atoms with Gasteiger partial charge in [0.1, 0.15) is 5.17 Å². The minimum absolute atomic E-state index is 0.420. The van der Waals surface area contributed by atoms with Gasteiger partial charge in [-0.25, -0.2) is 9.98 Å². The SMILES string of the molecule is CC(=N)c1cc(C)cnc1N=C(C)Cl. The Morgan fingerprint density at radius 3 is 2.64 bits per heavy atom. The van der Waals surface area contributed by atoms with Gasteiger partial charge < -0.3 is 5.41 Å². The molecule has 14 heavy (non-hydrogen) atoms. The number of aromatic nitrogens is 1. The predicted molar refractivity (Wildman–Crippen MR) is 60.1 cm³/mol. The fourth-order valence-electron chi connectivity index (χ4n) is 1.07. The molecular weight excluding hydrogens is 198 g/mol. The Labute approximate surface area is 88.4 Å². The minimum Gasteiger partial charge on any atom is -0.305 e. The molecule has 0 saturated carbocycles. The molecule has 4 heteroatoms. The first-order chi connectivity index (χ1) is 6.50. The third-order valence-electron chi connectivity index (χ3n) is 1.67. The first kappa shape index (κ1) is 10.9. The molecule has 0 amide bonds. The van der Waals surface area contributed by atoms with Crippen molar-refractivity contribution in [2.24, 2.45) is 4.99 Å². The highest BCUT2D eigenvalue weighted by Crippen LogP contribution is 2.18. The fraction of sp³-hybridized carbons (Fsp3) is 0.300. The summed E-state index contributed by atoms with van der Waals surface area (Å²) >= 11 is 5.67. The highest BCUT2D eigenvalue weighted by molar-refractivity contribution is 6.65. The van der Waals surface area contributed by atoms with E-state index in [1.54, 1.807) is 20.0 Å². The van der Waals surface area contributed by atoms with E-state index < -0.39 is 0 Å². The number of hydrogen-bond acceptors (Lipinski definition) is 3. The summed E-state index contributed by atoms with van der Waals surface area (Å²) in [6.07, 6.45) is 1.71. The van der Waals surface area contributed by atoms with Crippen LogP contribution in [0.4, 0.5) is 5.82 Å². The third kappa shape index (κ3) is 2.64. The van der Waals surface area contributed by atoms with E-state index in [4.69, 9.17) is 17.0 Å². The van der Waals surface area contributed by atoms with Gasteiger partial charge in [0.2, 0.25) is 0 Å². The second-order valence-electron chi connectivity index (χ2n) is 3.12. The van der Waals surface area contributed by atoms with Crippen LogP contribution in [0.5, 0.6) is 0 Å². The lowest BCUT2D eigenvalue weighted by Gasteiger charge is -2.03. The molecule has 0 radical (unpaired) electrons. The van der Waals surface area contributed by atoms with E-state index in [9.17, 15) is 0 Å². The van der Waals surface area contributed by atoms with E-state index in [0.717, 1.165) is 11.1 Å². The topological polar surface area (TPSA) is 49.1 Å². The summed E-state index contributed by atoms with van der Waals surface area (Å²) in [4.78, 5) is 8.18. The van der Waals surface area contributed by atoms with Crippen LogP contribution in [0.2, 0.25) is 0 Å². The lowest BCUT2D eigenvalue weighted by Crippen LogP contribution is -1.96. The van der Waals surface area contributed by atoms with Gasteiger partial charge in [0.15, 0.2) is 5.82 Å². The molecule has 1 rings (SSSR count). The quantitative estimate of drug-likeness (QED) is 0.748. The summed E-state index contributed by atoms with van der Waals surface area (Å²) in [6.45, 7) is 5.33. The molecule has 1 heterocycles. The molecule has 74 valence electrons. The van der Waals surface area contributed by atoms with Gasteiger partial charge in [-0.3, -0.25) is 0 Å². The maximum absolute atomic E-state index is 7.56. The molecule has 0 spiro atoms. The zero-order chi connectivity index (χ0) is 10.7. The highest BCUT2D eigenvalue weighted by Gasteiger charge is 2.05. The molecule has 0 saturated heterocycles. The summed E-state index contributed by atoms with van der Waals surface area (Å²) < 4.78 is 0. The summed E-state index contributed by atoms with van der Waals surface area (Å²) in [5.41, 5.74) is 2.18. The Hall–Kier alpha value is -1.22. The van der Waals surface area contributed by atoms with Crippen LogP contribution in [0.3, 0.4) is 0 Å². The van der Waals surface area contributed by atoms with Gasteiger partial charge in [0.05, 0.1) is 0 Å². The summed E-state index contributed by atoms with van der Waals surface area (Å²) in [5.74, 6) is 0.510. The number of rotatable bonds is 2. The van der Waals surface area contributed by atoms with Crippen LogP contribution in [0.15, 0.2) is 17.3 Å². The zero-order valence-corrected chi connectivity index (χ0v) is 9.18. The van der Waals surface area contributed by atoms with Crippen molar-refractivity contribution in [3.05, 3.63) is 23.4 Å². The third-order valence-corrected chi connectivity index (χ3v) is 1.75. The molecule has 3 nitrogen and oxygen atoms in total. The molecule has 0 atom stereocenters. The molecule has 1 aromatic heterocycles. The van der Waals surface area contributed by atoms with Crippen molar-refractivity contribution in [2.75, 3.05) is 0 Å². The molecule has 0 unspecified atom stereocenters. The van der Waals surface area contributed by atoms with Crippen molar-refractivity contribution in [2.45, 2.75) is 20.8 Å². The van der Waals surface area contributed by atoms with E-state index in [1.807, 2.05) is 13.0 Å². The Balaban J connectivity index is 3.29. The van der Waals surface area contributed by atoms with Crippen LogP contribution in [-0.4, -0.2) is 15.9 Å². The number of halogens is 1. The number of pyridine rings is 1. The van der Waals surface area contributed by atoms with Crippen LogP contribution in [0, 0.1) is 12.3 Å². The molecule has 0 aliphatic rings. The number of aryl methyl sites for hydroxylation is 1. The van der Waals surface area contributed by atoms with E-state index in [0.29, 0.717) is 16.7 Å². The molecule has 0 aliphatic heterocycles. The monoisotopic (exact) mass is 209 g/mol. The van der Waals surface area contributed by atoms with Crippen molar-refractivity contribution < 1.29 is 0 Å². The standard InChI is InChI=1S/C10H12ClN3/c1-6-4-9(7(2)12)10(13-5-6)14-8(3)11/h4-5,12H,1-3H3. The fourth-order valence-corrected chi connectivity index (χ4v) is 1.15. The number of nitrogens with zero attached hydrogens (tertiary/aromatic N) is 2. The highest BCUT2D eigenvalue weighted by atomic mass is 35.5. The van der Waals surface area contributed by atoms with Crippen molar-refractivity contribution in [1.82, 2.24) is 4.98 Å². The largest absolute Gasteiger partial charge is 0.305 e. The second-order valence-corrected chi connectivity index (χ2v) is 3.66. The Bertz CT molecular complexity index is 392. The van der Waals surface area contributed by atoms with Gasteiger partial charge in [-0.1, -0.05) is 11.6 Å². The van der Waals surface area contributed by atoms with E-state index in [1.165, 1.54) is 0 Å². The van der Waals surface area contributed by atoms with E-state index >= 15 is 0 Å². The molecule has 0 bridgehead atoms. The van der Waals surface area contributed by atoms with Crippen molar-refractivity contribution in [1.29, 1.82) is 5.41 Å². The molecule has 1 aromatic rings. The minimum atomic E-state index is 0.420. The average Bonchev–Trinajstić information content (AvgIpc) is 2.07. The molecule has 0 aliphatic carbocycles. The van der Waals surface area contributed by atoms with E-state index in [-0.39, 0.29) is 0 Å². The summed E-state index contributed by atoms with van der Waals surface area (Å²) in [7, 11) is 0. The normalized spacial score (nSPS) is 11.6. The summed E-state index contributed by atoms with van der Waals surface area (Å²) in [6, 6.07) is 1.88. The Morgan fingerprint density at radius 2 is 2.14 bits per heavy atom. The lowest BCUT2D eigenvalue weighted by molar-refractivity contribution is 1.22. The van der Waals surface area contributed by atoms with Crippen molar-refractivity contribution in [3.63, 3.8) is 0 Å². The maximum atomic E-state index is 7.56. The van der Waals surface area contributed by atoms with Crippen molar-refractivity contribution >= 4 is 28.3 Å². The van der Waals surface area contributed by atoms with Crippen LogP contribution in [-0.2, 0) is 0 Å². The number of nitrogens with one attached hydrogen (secondary N) is 1. The van der Waals surface area contributed by atoms with Gasteiger partial charge in [0.25, 0.3) is 0 Å². The van der Waals surface area contributed by atoms with Gasteiger partial charge in [-0.2, -0.15) is 0 Å². The molecule has 0 aromatic carbocycles. The maximum Gasteiger partial charge on any atom is 0.162 e. The van der Waals surface area contributed by atoms with Gasteiger partial charge in [-0.15, -0.1) is 0 Å².